The molecule has 0 aliphatic heterocycles. The Morgan fingerprint density at radius 1 is 1.53 bits per heavy atom. The Bertz CT molecular complexity index is 492. The van der Waals surface area contributed by atoms with Crippen LogP contribution >= 0.6 is 11.6 Å². The van der Waals surface area contributed by atoms with Crippen LogP contribution in [0.3, 0.4) is 0 Å². The van der Waals surface area contributed by atoms with Gasteiger partial charge in [0.25, 0.3) is 0 Å². The zero-order valence-electron chi connectivity index (χ0n) is 8.61. The van der Waals surface area contributed by atoms with Gasteiger partial charge in [0.15, 0.2) is 11.5 Å². The lowest BCUT2D eigenvalue weighted by Gasteiger charge is -2.10. The average Bonchev–Trinajstić information content (AvgIpc) is 2.60. The number of rotatable bonds is 2. The number of fused-ring (bicyclic) bond motifs is 1. The Labute approximate surface area is 92.3 Å². The highest BCUT2D eigenvalue weighted by molar-refractivity contribution is 6.28. The number of hydrogen-bond acceptors (Lipinski definition) is 4. The molecule has 0 aliphatic rings. The third-order valence-corrected chi connectivity index (χ3v) is 2.66. The van der Waals surface area contributed by atoms with E-state index in [2.05, 4.69) is 28.8 Å². The molecule has 0 aromatic carbocycles. The van der Waals surface area contributed by atoms with Crippen molar-refractivity contribution in [2.24, 2.45) is 0 Å². The standard InChI is InChI=1S/C9H12ClN5/c1-3-5(2)15-4-12-6-7(11)13-9(10)14-8(6)15/h4-5H,3H2,1-2H3,(H2,11,13,14). The minimum absolute atomic E-state index is 0.157. The van der Waals surface area contributed by atoms with E-state index in [1.165, 1.54) is 0 Å². The van der Waals surface area contributed by atoms with Crippen molar-refractivity contribution >= 4 is 28.6 Å². The highest BCUT2D eigenvalue weighted by Crippen LogP contribution is 2.22. The fourth-order valence-corrected chi connectivity index (χ4v) is 1.60. The number of nitrogens with two attached hydrogens (primary N) is 1. The fourth-order valence-electron chi connectivity index (χ4n) is 1.43. The molecule has 15 heavy (non-hydrogen) atoms. The maximum Gasteiger partial charge on any atom is 0.226 e. The van der Waals surface area contributed by atoms with Crippen LogP contribution in [0.4, 0.5) is 5.82 Å². The van der Waals surface area contributed by atoms with Crippen LogP contribution in [0.2, 0.25) is 5.28 Å². The van der Waals surface area contributed by atoms with Gasteiger partial charge in [0.1, 0.15) is 5.52 Å². The molecular weight excluding hydrogens is 214 g/mol. The van der Waals surface area contributed by atoms with E-state index in [-0.39, 0.29) is 5.28 Å². The molecule has 0 amide bonds. The zero-order valence-corrected chi connectivity index (χ0v) is 9.36. The Kier molecular flexibility index (Phi) is 2.48. The molecule has 0 spiro atoms. The Hall–Kier alpha value is -1.36. The highest BCUT2D eigenvalue weighted by atomic mass is 35.5. The molecule has 2 aromatic heterocycles. The maximum absolute atomic E-state index is 5.76. The predicted molar refractivity (Wildman–Crippen MR) is 59.7 cm³/mol. The molecule has 0 saturated carbocycles. The van der Waals surface area contributed by atoms with Crippen molar-refractivity contribution in [1.29, 1.82) is 0 Å². The van der Waals surface area contributed by atoms with Gasteiger partial charge in [0.2, 0.25) is 5.28 Å². The molecule has 2 heterocycles. The Balaban J connectivity index is 2.68. The number of imidazole rings is 1. The summed E-state index contributed by atoms with van der Waals surface area (Å²) < 4.78 is 1.96. The van der Waals surface area contributed by atoms with Crippen LogP contribution < -0.4 is 5.73 Å². The van der Waals surface area contributed by atoms with Gasteiger partial charge in [0.05, 0.1) is 6.33 Å². The van der Waals surface area contributed by atoms with Crippen LogP contribution in [-0.4, -0.2) is 19.5 Å². The van der Waals surface area contributed by atoms with Gasteiger partial charge in [-0.1, -0.05) is 6.92 Å². The number of hydrogen-bond donors (Lipinski definition) is 1. The first-order valence-electron chi connectivity index (χ1n) is 4.79. The Morgan fingerprint density at radius 2 is 2.27 bits per heavy atom. The fraction of sp³-hybridized carbons (Fsp3) is 0.444. The highest BCUT2D eigenvalue weighted by Gasteiger charge is 2.12. The summed E-state index contributed by atoms with van der Waals surface area (Å²) in [6.07, 6.45) is 2.72. The summed E-state index contributed by atoms with van der Waals surface area (Å²) in [6.45, 7) is 4.19. The smallest absolute Gasteiger partial charge is 0.226 e. The quantitative estimate of drug-likeness (QED) is 0.794. The van der Waals surface area contributed by atoms with E-state index >= 15 is 0 Å². The summed E-state index contributed by atoms with van der Waals surface area (Å²) in [6, 6.07) is 0.320. The normalized spacial score (nSPS) is 13.3. The summed E-state index contributed by atoms with van der Waals surface area (Å²) in [5, 5.41) is 0.157. The number of anilines is 1. The molecule has 2 N–H and O–H groups in total. The molecule has 0 fully saturated rings. The second-order valence-corrected chi connectivity index (χ2v) is 3.80. The minimum Gasteiger partial charge on any atom is -0.382 e. The van der Waals surface area contributed by atoms with Crippen LogP contribution in [0.5, 0.6) is 0 Å². The molecule has 1 unspecified atom stereocenters. The third-order valence-electron chi connectivity index (χ3n) is 2.49. The van der Waals surface area contributed by atoms with Crippen molar-refractivity contribution in [1.82, 2.24) is 19.5 Å². The largest absolute Gasteiger partial charge is 0.382 e. The van der Waals surface area contributed by atoms with Gasteiger partial charge in [-0.2, -0.15) is 9.97 Å². The first kappa shape index (κ1) is 10.2. The molecule has 1 atom stereocenters. The van der Waals surface area contributed by atoms with Gasteiger partial charge >= 0.3 is 0 Å². The maximum atomic E-state index is 5.76. The molecule has 0 saturated heterocycles. The van der Waals surface area contributed by atoms with Gasteiger partial charge in [-0.25, -0.2) is 4.98 Å². The van der Waals surface area contributed by atoms with E-state index in [9.17, 15) is 0 Å². The van der Waals surface area contributed by atoms with Gasteiger partial charge in [-0.15, -0.1) is 0 Å². The van der Waals surface area contributed by atoms with E-state index in [0.29, 0.717) is 23.0 Å². The first-order valence-corrected chi connectivity index (χ1v) is 5.16. The van der Waals surface area contributed by atoms with Gasteiger partial charge in [-0.05, 0) is 24.9 Å². The molecule has 5 nitrogen and oxygen atoms in total. The zero-order chi connectivity index (χ0) is 11.0. The number of nitrogen functional groups attached to an aromatic ring is 1. The van der Waals surface area contributed by atoms with Crippen molar-refractivity contribution in [3.8, 4) is 0 Å². The van der Waals surface area contributed by atoms with Crippen LogP contribution in [0.25, 0.3) is 11.2 Å². The second kappa shape index (κ2) is 3.66. The van der Waals surface area contributed by atoms with Gasteiger partial charge in [-0.3, -0.25) is 0 Å². The topological polar surface area (TPSA) is 69.6 Å². The van der Waals surface area contributed by atoms with Crippen LogP contribution in [0.15, 0.2) is 6.33 Å². The summed E-state index contributed by atoms with van der Waals surface area (Å²) in [5.74, 6) is 0.326. The molecular formula is C9H12ClN5. The molecule has 80 valence electrons. The lowest BCUT2D eigenvalue weighted by Crippen LogP contribution is -2.04. The van der Waals surface area contributed by atoms with Crippen LogP contribution in [0, 0.1) is 0 Å². The van der Waals surface area contributed by atoms with E-state index in [1.54, 1.807) is 6.33 Å². The Morgan fingerprint density at radius 3 is 2.93 bits per heavy atom. The lowest BCUT2D eigenvalue weighted by molar-refractivity contribution is 0.541. The predicted octanol–water partition coefficient (Wildman–Crippen LogP) is 2.03. The summed E-state index contributed by atoms with van der Waals surface area (Å²) in [5.41, 5.74) is 7.01. The summed E-state index contributed by atoms with van der Waals surface area (Å²) >= 11 is 5.76. The molecule has 0 aliphatic carbocycles. The monoisotopic (exact) mass is 225 g/mol. The van der Waals surface area contributed by atoms with Crippen molar-refractivity contribution in [3.63, 3.8) is 0 Å². The molecule has 0 radical (unpaired) electrons. The van der Waals surface area contributed by atoms with Gasteiger partial charge in [0, 0.05) is 6.04 Å². The summed E-state index contributed by atoms with van der Waals surface area (Å²) in [4.78, 5) is 12.2. The second-order valence-electron chi connectivity index (χ2n) is 3.46. The number of halogens is 1. The molecule has 2 rings (SSSR count). The minimum atomic E-state index is 0.157. The van der Waals surface area contributed by atoms with Crippen molar-refractivity contribution in [3.05, 3.63) is 11.6 Å². The van der Waals surface area contributed by atoms with E-state index in [0.717, 1.165) is 6.42 Å². The van der Waals surface area contributed by atoms with E-state index < -0.39 is 0 Å². The molecule has 0 bridgehead atoms. The first-order chi connectivity index (χ1) is 7.13. The molecule has 2 aromatic rings. The SMILES string of the molecule is CCC(C)n1cnc2c(N)nc(Cl)nc21. The van der Waals surface area contributed by atoms with Crippen molar-refractivity contribution < 1.29 is 0 Å². The molecule has 6 heteroatoms. The van der Waals surface area contributed by atoms with Crippen molar-refractivity contribution in [2.45, 2.75) is 26.3 Å². The third kappa shape index (κ3) is 1.63. The number of aromatic nitrogens is 4. The average molecular weight is 226 g/mol. The van der Waals surface area contributed by atoms with E-state index in [1.807, 2.05) is 4.57 Å². The van der Waals surface area contributed by atoms with Crippen LogP contribution in [-0.2, 0) is 0 Å². The summed E-state index contributed by atoms with van der Waals surface area (Å²) in [7, 11) is 0. The van der Waals surface area contributed by atoms with Crippen molar-refractivity contribution in [2.75, 3.05) is 5.73 Å². The lowest BCUT2D eigenvalue weighted by atomic mass is 10.2. The van der Waals surface area contributed by atoms with Crippen LogP contribution in [0.1, 0.15) is 26.3 Å². The van der Waals surface area contributed by atoms with Gasteiger partial charge < -0.3 is 10.3 Å². The van der Waals surface area contributed by atoms with E-state index in [4.69, 9.17) is 17.3 Å². The number of nitrogens with zero attached hydrogens (tertiary/aromatic N) is 4.